The minimum atomic E-state index is -0.797. The molecule has 0 aliphatic carbocycles. The molecule has 0 aromatic heterocycles. The van der Waals surface area contributed by atoms with Crippen LogP contribution in [0, 0.1) is 0 Å². The lowest BCUT2D eigenvalue weighted by atomic mass is 10.1. The van der Waals surface area contributed by atoms with E-state index in [9.17, 15) is 14.4 Å². The van der Waals surface area contributed by atoms with E-state index in [0.29, 0.717) is 19.3 Å². The van der Waals surface area contributed by atoms with Gasteiger partial charge in [0.25, 0.3) is 0 Å². The average Bonchev–Trinajstić information content (AvgIpc) is 3.40. The zero-order chi connectivity index (χ0) is 53.6. The number of esters is 3. The van der Waals surface area contributed by atoms with Gasteiger partial charge >= 0.3 is 17.9 Å². The number of unbranched alkanes of at least 4 members (excludes halogenated alkanes) is 17. The third kappa shape index (κ3) is 58.2. The summed E-state index contributed by atoms with van der Waals surface area (Å²) in [6, 6.07) is 0. The van der Waals surface area contributed by atoms with E-state index in [2.05, 4.69) is 167 Å². The van der Waals surface area contributed by atoms with Crippen LogP contribution in [0.2, 0.25) is 0 Å². The molecule has 0 fully saturated rings. The Morgan fingerprint density at radius 1 is 0.284 bits per heavy atom. The van der Waals surface area contributed by atoms with Gasteiger partial charge < -0.3 is 14.2 Å². The third-order valence-electron chi connectivity index (χ3n) is 12.1. The first-order valence-electron chi connectivity index (χ1n) is 29.8. The van der Waals surface area contributed by atoms with Crippen LogP contribution in [-0.2, 0) is 28.6 Å². The van der Waals surface area contributed by atoms with Crippen LogP contribution < -0.4 is 0 Å². The van der Waals surface area contributed by atoms with Gasteiger partial charge in [-0.3, -0.25) is 14.4 Å². The predicted octanol–water partition coefficient (Wildman–Crippen LogP) is 20.4. The summed E-state index contributed by atoms with van der Waals surface area (Å²) in [4.78, 5) is 37.8. The lowest BCUT2D eigenvalue weighted by Crippen LogP contribution is -2.30. The molecule has 0 rings (SSSR count). The Hall–Kier alpha value is -4.71. The zero-order valence-electron chi connectivity index (χ0n) is 47.5. The summed E-state index contributed by atoms with van der Waals surface area (Å²) in [6.07, 6.45) is 87.4. The molecule has 1 unspecified atom stereocenters. The van der Waals surface area contributed by atoms with E-state index in [1.165, 1.54) is 44.9 Å². The molecule has 0 radical (unpaired) electrons. The molecule has 6 heteroatoms. The molecule has 0 aromatic rings. The van der Waals surface area contributed by atoms with E-state index in [4.69, 9.17) is 14.2 Å². The monoisotopic (exact) mass is 1020 g/mol. The molecule has 0 heterocycles. The van der Waals surface area contributed by atoms with Gasteiger partial charge in [-0.25, -0.2) is 0 Å². The normalized spacial score (nSPS) is 13.2. The highest BCUT2D eigenvalue weighted by Gasteiger charge is 2.19. The van der Waals surface area contributed by atoms with Crippen molar-refractivity contribution in [2.75, 3.05) is 13.2 Å². The first-order valence-corrected chi connectivity index (χ1v) is 29.8. The average molecular weight is 1020 g/mol. The molecule has 0 aliphatic heterocycles. The Balaban J connectivity index is 4.18. The number of hydrogen-bond acceptors (Lipinski definition) is 6. The maximum Gasteiger partial charge on any atom is 0.306 e. The van der Waals surface area contributed by atoms with Crippen LogP contribution in [-0.4, -0.2) is 37.2 Å². The summed E-state index contributed by atoms with van der Waals surface area (Å²) in [7, 11) is 0. The van der Waals surface area contributed by atoms with Crippen LogP contribution in [0.5, 0.6) is 0 Å². The van der Waals surface area contributed by atoms with Gasteiger partial charge in [0.05, 0.1) is 0 Å². The number of hydrogen-bond donors (Lipinski definition) is 0. The van der Waals surface area contributed by atoms with Crippen LogP contribution in [0.3, 0.4) is 0 Å². The van der Waals surface area contributed by atoms with Crippen LogP contribution in [0.4, 0.5) is 0 Å². The molecule has 0 aliphatic rings. The fourth-order valence-corrected chi connectivity index (χ4v) is 7.62. The van der Waals surface area contributed by atoms with E-state index in [0.717, 1.165) is 161 Å². The Morgan fingerprint density at radius 2 is 0.527 bits per heavy atom. The zero-order valence-corrected chi connectivity index (χ0v) is 47.5. The molecule has 0 bridgehead atoms. The molecule has 0 saturated heterocycles. The highest BCUT2D eigenvalue weighted by Crippen LogP contribution is 2.13. The standard InChI is InChI=1S/C68H108O6/c1-4-7-10-13-16-18-20-22-24-25-26-27-28-29-30-31-32-33-34-35-36-37-38-39-40-41-42-43-45-46-48-50-52-55-58-61-67(70)73-64-65(63-72-66(69)60-57-54-15-12-9-6-3)74-68(71)62-59-56-53-51-49-47-44-23-21-19-17-14-11-8-5-2/h7,10,16-19,22-24,26-27,29-30,32-33,35-36,38-39,41-42,44-46,65H,4-6,8-9,11-15,20-21,25,28,31,34,37,40,43,47-64H2,1-3H3/b10-7-,18-16-,19-17-,24-22-,27-26-,30-29-,33-32-,36-35-,39-38-,42-41-,44-23-,46-45-. The number of rotatable bonds is 52. The van der Waals surface area contributed by atoms with Gasteiger partial charge in [0.15, 0.2) is 6.10 Å². The predicted molar refractivity (Wildman–Crippen MR) is 320 cm³/mol. The van der Waals surface area contributed by atoms with Crippen LogP contribution in [0.15, 0.2) is 146 Å². The third-order valence-corrected chi connectivity index (χ3v) is 12.1. The number of carbonyl (C=O) groups excluding carboxylic acids is 3. The smallest absolute Gasteiger partial charge is 0.306 e. The largest absolute Gasteiger partial charge is 0.462 e. The number of carbonyl (C=O) groups is 3. The molecule has 0 spiro atoms. The van der Waals surface area contributed by atoms with Gasteiger partial charge in [-0.2, -0.15) is 0 Å². The lowest BCUT2D eigenvalue weighted by molar-refractivity contribution is -0.167. The molecular weight excluding hydrogens is 913 g/mol. The summed E-state index contributed by atoms with van der Waals surface area (Å²) < 4.78 is 16.7. The van der Waals surface area contributed by atoms with E-state index in [1.807, 2.05) is 0 Å². The van der Waals surface area contributed by atoms with E-state index in [1.54, 1.807) is 0 Å². The van der Waals surface area contributed by atoms with Gasteiger partial charge in [0, 0.05) is 19.3 Å². The maximum absolute atomic E-state index is 12.8. The van der Waals surface area contributed by atoms with Gasteiger partial charge in [0.2, 0.25) is 0 Å². The summed E-state index contributed by atoms with van der Waals surface area (Å²) >= 11 is 0. The first kappa shape index (κ1) is 69.3. The van der Waals surface area contributed by atoms with Gasteiger partial charge in [-0.1, -0.05) is 244 Å². The van der Waals surface area contributed by atoms with Crippen molar-refractivity contribution < 1.29 is 28.6 Å². The second-order valence-electron chi connectivity index (χ2n) is 19.2. The van der Waals surface area contributed by atoms with Crippen molar-refractivity contribution in [3.63, 3.8) is 0 Å². The van der Waals surface area contributed by atoms with E-state index < -0.39 is 6.10 Å². The molecule has 0 aromatic carbocycles. The topological polar surface area (TPSA) is 78.9 Å². The Kier molecular flexibility index (Phi) is 57.0. The second-order valence-corrected chi connectivity index (χ2v) is 19.2. The van der Waals surface area contributed by atoms with Gasteiger partial charge in [-0.05, 0) is 128 Å². The van der Waals surface area contributed by atoms with Crippen molar-refractivity contribution in [1.82, 2.24) is 0 Å². The molecule has 0 amide bonds. The van der Waals surface area contributed by atoms with E-state index >= 15 is 0 Å². The quantitative estimate of drug-likeness (QED) is 0.0261. The maximum atomic E-state index is 12.8. The summed E-state index contributed by atoms with van der Waals surface area (Å²) in [5.74, 6) is -0.953. The molecule has 0 N–H and O–H groups in total. The van der Waals surface area contributed by atoms with Crippen molar-refractivity contribution in [2.24, 2.45) is 0 Å². The Labute approximate surface area is 455 Å². The highest BCUT2D eigenvalue weighted by molar-refractivity contribution is 5.71. The minimum Gasteiger partial charge on any atom is -0.462 e. The molecule has 0 saturated carbocycles. The van der Waals surface area contributed by atoms with Crippen molar-refractivity contribution in [2.45, 2.75) is 252 Å². The second kappa shape index (κ2) is 60.8. The molecular formula is C68H108O6. The Morgan fingerprint density at radius 3 is 0.851 bits per heavy atom. The lowest BCUT2D eigenvalue weighted by Gasteiger charge is -2.18. The van der Waals surface area contributed by atoms with Crippen LogP contribution in [0.25, 0.3) is 0 Å². The summed E-state index contributed by atoms with van der Waals surface area (Å²) in [6.45, 7) is 6.39. The van der Waals surface area contributed by atoms with Crippen molar-refractivity contribution in [1.29, 1.82) is 0 Å². The highest BCUT2D eigenvalue weighted by atomic mass is 16.6. The Bertz CT molecular complexity index is 1640. The summed E-state index contributed by atoms with van der Waals surface area (Å²) in [5, 5.41) is 0. The van der Waals surface area contributed by atoms with Gasteiger partial charge in [0.1, 0.15) is 13.2 Å². The molecule has 74 heavy (non-hydrogen) atoms. The van der Waals surface area contributed by atoms with Crippen LogP contribution >= 0.6 is 0 Å². The molecule has 1 atom stereocenters. The van der Waals surface area contributed by atoms with Gasteiger partial charge in [-0.15, -0.1) is 0 Å². The van der Waals surface area contributed by atoms with Crippen LogP contribution in [0.1, 0.15) is 245 Å². The van der Waals surface area contributed by atoms with Crippen molar-refractivity contribution in [3.05, 3.63) is 146 Å². The molecule has 6 nitrogen and oxygen atoms in total. The SMILES string of the molecule is CC/C=C\C/C=C\C/C=C\C/C=C\C/C=C\C/C=C\C/C=C\C/C=C\C/C=C\C/C=C\CCCCCCC(=O)OCC(COC(=O)CCCCCCCC)OC(=O)CCCCCCC/C=C\C/C=C\CCCCC. The fourth-order valence-electron chi connectivity index (χ4n) is 7.62. The minimum absolute atomic E-state index is 0.0959. The molecule has 416 valence electrons. The first-order chi connectivity index (χ1) is 36.5. The fraction of sp³-hybridized carbons (Fsp3) is 0.603. The van der Waals surface area contributed by atoms with Crippen molar-refractivity contribution in [3.8, 4) is 0 Å². The number of allylic oxidation sites excluding steroid dienone is 24. The number of ether oxygens (including phenoxy) is 3. The van der Waals surface area contributed by atoms with Crippen molar-refractivity contribution >= 4 is 17.9 Å². The van der Waals surface area contributed by atoms with E-state index in [-0.39, 0.29) is 31.1 Å². The summed E-state index contributed by atoms with van der Waals surface area (Å²) in [5.41, 5.74) is 0.